The molecule has 21 heavy (non-hydrogen) atoms. The molecule has 0 unspecified atom stereocenters. The van der Waals surface area contributed by atoms with E-state index in [2.05, 4.69) is 20.8 Å². The molecule has 2 rings (SSSR count). The van der Waals surface area contributed by atoms with Gasteiger partial charge in [-0.2, -0.15) is 8.42 Å². The molecule has 2 aromatic carbocycles. The molecule has 0 aromatic heterocycles. The minimum Gasteiger partial charge on any atom is -0.190 e. The van der Waals surface area contributed by atoms with Gasteiger partial charge in [-0.3, -0.25) is 0 Å². The third kappa shape index (κ3) is 4.52. The Bertz CT molecular complexity index is 687. The van der Waals surface area contributed by atoms with Gasteiger partial charge in [0.25, 0.3) is 0 Å². The van der Waals surface area contributed by atoms with E-state index in [1.807, 2.05) is 24.3 Å². The fourth-order valence-corrected chi connectivity index (χ4v) is 5.03. The zero-order valence-electron chi connectivity index (χ0n) is 12.2. The summed E-state index contributed by atoms with van der Waals surface area (Å²) in [5.74, 6) is 0. The van der Waals surface area contributed by atoms with Gasteiger partial charge in [-0.1, -0.05) is 51.1 Å². The lowest BCUT2D eigenvalue weighted by molar-refractivity contribution is -0.837. The summed E-state index contributed by atoms with van der Waals surface area (Å²) >= 11 is -1.03. The third-order valence-electron chi connectivity index (χ3n) is 2.95. The first-order chi connectivity index (χ1) is 9.79. The van der Waals surface area contributed by atoms with Crippen LogP contribution in [0.5, 0.6) is 0 Å². The summed E-state index contributed by atoms with van der Waals surface area (Å²) in [5, 5.41) is 0. The molecule has 0 fully saturated rings. The van der Waals surface area contributed by atoms with Crippen molar-refractivity contribution in [3.63, 3.8) is 0 Å². The summed E-state index contributed by atoms with van der Waals surface area (Å²) in [6.07, 6.45) is 0. The van der Waals surface area contributed by atoms with Gasteiger partial charge in [0.05, 0.1) is 4.90 Å². The van der Waals surface area contributed by atoms with Crippen LogP contribution in [-0.4, -0.2) is 8.42 Å². The minimum atomic E-state index is -3.65. The highest BCUT2D eigenvalue weighted by Crippen LogP contribution is 2.20. The molecule has 2 aromatic rings. The van der Waals surface area contributed by atoms with E-state index in [-0.39, 0.29) is 10.3 Å². The molecular formula is C16H18IO3S+. The molecular weight excluding hydrogens is 399 g/mol. The van der Waals surface area contributed by atoms with Crippen molar-refractivity contribution in [3.8, 4) is 0 Å². The minimum absolute atomic E-state index is 0.0911. The predicted molar refractivity (Wildman–Crippen MR) is 78.6 cm³/mol. The number of hydrogen-bond acceptors (Lipinski definition) is 3. The standard InChI is InChI=1S/C16H18IO3S/c1-16(2,3)13-9-11-14(12-10-13)17-20-21(18,19)15-7-5-4-6-8-15/h4-12H,1-3H3/q+1. The predicted octanol–water partition coefficient (Wildman–Crippen LogP) is 0.563. The van der Waals surface area contributed by atoms with Gasteiger partial charge in [0.15, 0.2) is 0 Å². The lowest BCUT2D eigenvalue weighted by atomic mass is 9.87. The molecule has 0 spiro atoms. The van der Waals surface area contributed by atoms with Gasteiger partial charge in [-0.15, -0.1) is 0 Å². The first-order valence-electron chi connectivity index (χ1n) is 6.53. The zero-order chi connectivity index (χ0) is 15.5. The van der Waals surface area contributed by atoms with Gasteiger partial charge in [-0.05, 0) is 37.8 Å². The van der Waals surface area contributed by atoms with E-state index in [0.717, 1.165) is 3.57 Å². The van der Waals surface area contributed by atoms with Crippen LogP contribution in [0.1, 0.15) is 26.3 Å². The SMILES string of the molecule is CC(C)(C)c1ccc([I+]OS(=O)(=O)c2ccccc2)cc1. The van der Waals surface area contributed by atoms with Crippen LogP contribution in [0.4, 0.5) is 0 Å². The number of benzene rings is 2. The molecule has 0 bridgehead atoms. The van der Waals surface area contributed by atoms with Crippen molar-refractivity contribution in [2.24, 2.45) is 0 Å². The summed E-state index contributed by atoms with van der Waals surface area (Å²) < 4.78 is 30.2. The van der Waals surface area contributed by atoms with E-state index in [1.54, 1.807) is 30.3 Å². The first kappa shape index (κ1) is 16.5. The molecule has 0 aliphatic heterocycles. The monoisotopic (exact) mass is 417 g/mol. The van der Waals surface area contributed by atoms with E-state index >= 15 is 0 Å². The van der Waals surface area contributed by atoms with Gasteiger partial charge in [0, 0.05) is 0 Å². The smallest absolute Gasteiger partial charge is 0.190 e. The average molecular weight is 417 g/mol. The van der Waals surface area contributed by atoms with Crippen molar-refractivity contribution < 1.29 is 32.6 Å². The first-order valence-corrected chi connectivity index (χ1v) is 9.90. The Morgan fingerprint density at radius 2 is 1.48 bits per heavy atom. The molecule has 0 atom stereocenters. The lowest BCUT2D eigenvalue weighted by Gasteiger charge is -2.18. The Hall–Kier alpha value is -0.920. The summed E-state index contributed by atoms with van der Waals surface area (Å²) in [6.45, 7) is 6.44. The van der Waals surface area contributed by atoms with Crippen LogP contribution in [0.3, 0.4) is 0 Å². The van der Waals surface area contributed by atoms with Crippen LogP contribution in [0.25, 0.3) is 0 Å². The summed E-state index contributed by atoms with van der Waals surface area (Å²) in [4.78, 5) is 0.205. The van der Waals surface area contributed by atoms with Crippen molar-refractivity contribution in [1.82, 2.24) is 0 Å². The molecule has 3 nitrogen and oxygen atoms in total. The fourth-order valence-electron chi connectivity index (χ4n) is 1.70. The van der Waals surface area contributed by atoms with Gasteiger partial charge in [-0.25, -0.2) is 0 Å². The maximum absolute atomic E-state index is 12.0. The van der Waals surface area contributed by atoms with Crippen LogP contribution >= 0.6 is 0 Å². The topological polar surface area (TPSA) is 43.4 Å². The van der Waals surface area contributed by atoms with Crippen molar-refractivity contribution in [3.05, 3.63) is 63.7 Å². The van der Waals surface area contributed by atoms with Crippen molar-refractivity contribution in [2.45, 2.75) is 31.1 Å². The maximum Gasteiger partial charge on any atom is 0.540 e. The molecule has 112 valence electrons. The second-order valence-corrected chi connectivity index (χ2v) is 9.93. The Balaban J connectivity index is 2.07. The molecule has 0 aliphatic carbocycles. The van der Waals surface area contributed by atoms with Crippen LogP contribution in [0.2, 0.25) is 0 Å². The highest BCUT2D eigenvalue weighted by molar-refractivity contribution is 7.86. The number of halogens is 1. The summed E-state index contributed by atoms with van der Waals surface area (Å²) in [7, 11) is -3.65. The van der Waals surface area contributed by atoms with Crippen molar-refractivity contribution in [2.75, 3.05) is 0 Å². The summed E-state index contributed by atoms with van der Waals surface area (Å²) in [6, 6.07) is 16.2. The second kappa shape index (κ2) is 6.46. The van der Waals surface area contributed by atoms with E-state index in [1.165, 1.54) is 5.56 Å². The number of rotatable bonds is 4. The fraction of sp³-hybridized carbons (Fsp3) is 0.250. The molecule has 0 aliphatic rings. The van der Waals surface area contributed by atoms with Crippen LogP contribution in [0.15, 0.2) is 59.5 Å². The normalized spacial score (nSPS) is 12.3. The highest BCUT2D eigenvalue weighted by atomic mass is 127. The van der Waals surface area contributed by atoms with E-state index < -0.39 is 31.7 Å². The molecule has 0 amide bonds. The van der Waals surface area contributed by atoms with E-state index in [9.17, 15) is 8.42 Å². The van der Waals surface area contributed by atoms with Crippen LogP contribution < -0.4 is 21.6 Å². The van der Waals surface area contributed by atoms with Crippen molar-refractivity contribution in [1.29, 1.82) is 0 Å². The molecule has 5 heteroatoms. The van der Waals surface area contributed by atoms with Crippen molar-refractivity contribution >= 4 is 10.1 Å². The van der Waals surface area contributed by atoms with E-state index in [0.29, 0.717) is 0 Å². The highest BCUT2D eigenvalue weighted by Gasteiger charge is 2.27. The zero-order valence-corrected chi connectivity index (χ0v) is 15.2. The molecule has 0 N–H and O–H groups in total. The summed E-state index contributed by atoms with van der Waals surface area (Å²) in [5.41, 5.74) is 1.31. The lowest BCUT2D eigenvalue weighted by Crippen LogP contribution is -3.61. The second-order valence-electron chi connectivity index (χ2n) is 5.66. The van der Waals surface area contributed by atoms with Gasteiger partial charge < -0.3 is 0 Å². The molecule has 0 saturated heterocycles. The maximum atomic E-state index is 12.0. The number of hydrogen-bond donors (Lipinski definition) is 0. The van der Waals surface area contributed by atoms with Gasteiger partial charge in [0.1, 0.15) is 0 Å². The molecule has 0 saturated carbocycles. The van der Waals surface area contributed by atoms with Crippen LogP contribution in [0, 0.1) is 3.57 Å². The molecule has 0 radical (unpaired) electrons. The third-order valence-corrected chi connectivity index (χ3v) is 7.21. The average Bonchev–Trinajstić information content (AvgIpc) is 2.46. The van der Waals surface area contributed by atoms with E-state index in [4.69, 9.17) is 2.51 Å². The largest absolute Gasteiger partial charge is 0.540 e. The Kier molecular flexibility index (Phi) is 5.06. The Morgan fingerprint density at radius 1 is 0.905 bits per heavy atom. The quantitative estimate of drug-likeness (QED) is 0.684. The Labute approximate surface area is 137 Å². The van der Waals surface area contributed by atoms with Gasteiger partial charge in [0.2, 0.25) is 3.57 Å². The van der Waals surface area contributed by atoms with Crippen LogP contribution in [-0.2, 0) is 18.0 Å². The van der Waals surface area contributed by atoms with Gasteiger partial charge >= 0.3 is 31.7 Å². The molecule has 0 heterocycles. The Morgan fingerprint density at radius 3 is 2.00 bits per heavy atom.